The number of esters is 1. The molecule has 0 saturated carbocycles. The van der Waals surface area contributed by atoms with Gasteiger partial charge in [0.1, 0.15) is 6.61 Å². The maximum absolute atomic E-state index is 14.0. The van der Waals surface area contributed by atoms with Crippen LogP contribution in [0.15, 0.2) is 80.1 Å². The maximum Gasteiger partial charge on any atom is 0.338 e. The average molecular weight is 698 g/mol. The molecule has 3 aromatic carbocycles. The van der Waals surface area contributed by atoms with Gasteiger partial charge in [-0.1, -0.05) is 41.1 Å². The molecule has 0 fully saturated rings. The van der Waals surface area contributed by atoms with Crippen LogP contribution in [-0.2, 0) is 16.1 Å². The number of allylic oxidation sites excluding steroid dienone is 1. The predicted octanol–water partition coefficient (Wildman–Crippen LogP) is 5.53. The van der Waals surface area contributed by atoms with Gasteiger partial charge < -0.3 is 23.7 Å². The van der Waals surface area contributed by atoms with Crippen molar-refractivity contribution in [1.82, 2.24) is 4.57 Å². The number of aromatic nitrogens is 1. The summed E-state index contributed by atoms with van der Waals surface area (Å²) in [6, 6.07) is 15.6. The van der Waals surface area contributed by atoms with Gasteiger partial charge in [0.2, 0.25) is 6.79 Å². The van der Waals surface area contributed by atoms with Crippen molar-refractivity contribution in [1.29, 1.82) is 0 Å². The normalized spacial score (nSPS) is 15.6. The molecule has 0 aliphatic carbocycles. The fourth-order valence-electron chi connectivity index (χ4n) is 5.04. The van der Waals surface area contributed by atoms with Gasteiger partial charge in [-0.15, -0.1) is 0 Å². The number of nitrogens with zero attached hydrogens (tertiary/aromatic N) is 2. The van der Waals surface area contributed by atoms with E-state index in [2.05, 4.69) is 20.9 Å². The van der Waals surface area contributed by atoms with E-state index in [-0.39, 0.29) is 24.5 Å². The Bertz CT molecular complexity index is 1990. The molecule has 226 valence electrons. The Morgan fingerprint density at radius 2 is 1.93 bits per heavy atom. The third-order valence-electron chi connectivity index (χ3n) is 7.08. The molecular weight excluding hydrogens is 672 g/mol. The lowest BCUT2D eigenvalue weighted by Crippen LogP contribution is -2.39. The first kappa shape index (κ1) is 30.0. The zero-order valence-corrected chi connectivity index (χ0v) is 27.0. The van der Waals surface area contributed by atoms with E-state index >= 15 is 0 Å². The minimum absolute atomic E-state index is 0.102. The van der Waals surface area contributed by atoms with Crippen LogP contribution < -0.4 is 33.8 Å². The molecule has 1 aromatic heterocycles. The summed E-state index contributed by atoms with van der Waals surface area (Å²) in [4.78, 5) is 32.3. The summed E-state index contributed by atoms with van der Waals surface area (Å²) in [5, 5.41) is 0.650. The number of hydrogen-bond donors (Lipinski definition) is 0. The molecule has 2 aliphatic rings. The van der Waals surface area contributed by atoms with Crippen LogP contribution in [0.2, 0.25) is 5.02 Å². The largest absolute Gasteiger partial charge is 0.493 e. The Labute approximate surface area is 269 Å². The van der Waals surface area contributed by atoms with Crippen LogP contribution in [0.3, 0.4) is 0 Å². The molecule has 0 radical (unpaired) electrons. The van der Waals surface area contributed by atoms with E-state index in [0.29, 0.717) is 65.3 Å². The monoisotopic (exact) mass is 696 g/mol. The van der Waals surface area contributed by atoms with Crippen molar-refractivity contribution in [2.24, 2.45) is 4.99 Å². The van der Waals surface area contributed by atoms with Gasteiger partial charge in [0.25, 0.3) is 5.56 Å². The van der Waals surface area contributed by atoms with Gasteiger partial charge in [-0.05, 0) is 88.9 Å². The number of benzene rings is 3. The second-order valence-electron chi connectivity index (χ2n) is 9.86. The van der Waals surface area contributed by atoms with Crippen LogP contribution in [0.4, 0.5) is 0 Å². The standard InChI is InChI=1S/C32H26BrClN2O7S/c1-4-40-31(38)27-17(2)35-32-36(28(27)20-7-10-23-24(14-20)43-16-42-23)30(37)26(44-32)13-19-11-22(33)29(25(12-19)39-3)41-15-18-5-8-21(34)9-6-18/h5-14,28H,4,15-16H2,1-3H3/b26-13-/t28-/m0/s1. The molecule has 12 heteroatoms. The second kappa shape index (κ2) is 12.5. The van der Waals surface area contributed by atoms with Crippen molar-refractivity contribution < 1.29 is 28.5 Å². The molecule has 0 amide bonds. The first-order chi connectivity index (χ1) is 21.3. The Kier molecular flexibility index (Phi) is 8.53. The third kappa shape index (κ3) is 5.74. The number of methoxy groups -OCH3 is 1. The number of carbonyl (C=O) groups is 1. The van der Waals surface area contributed by atoms with Crippen LogP contribution in [0.1, 0.15) is 36.6 Å². The van der Waals surface area contributed by atoms with E-state index in [9.17, 15) is 9.59 Å². The van der Waals surface area contributed by atoms with Crippen LogP contribution in [0.5, 0.6) is 23.0 Å². The van der Waals surface area contributed by atoms with E-state index in [1.807, 2.05) is 24.3 Å². The van der Waals surface area contributed by atoms with Gasteiger partial charge in [0.05, 0.1) is 40.0 Å². The molecule has 4 aromatic rings. The quantitative estimate of drug-likeness (QED) is 0.224. The van der Waals surface area contributed by atoms with Crippen LogP contribution in [0.25, 0.3) is 6.08 Å². The minimum Gasteiger partial charge on any atom is -0.493 e. The summed E-state index contributed by atoms with van der Waals surface area (Å²) in [5.74, 6) is 1.62. The highest BCUT2D eigenvalue weighted by Gasteiger charge is 2.34. The minimum atomic E-state index is -0.771. The number of thiazole rings is 1. The maximum atomic E-state index is 14.0. The topological polar surface area (TPSA) is 97.6 Å². The van der Waals surface area contributed by atoms with Gasteiger partial charge in [0.15, 0.2) is 27.8 Å². The van der Waals surface area contributed by atoms with Crippen LogP contribution in [0, 0.1) is 0 Å². The Hall–Kier alpha value is -4.06. The Morgan fingerprint density at radius 1 is 1.16 bits per heavy atom. The van der Waals surface area contributed by atoms with Crippen molar-refractivity contribution in [2.45, 2.75) is 26.5 Å². The number of rotatable bonds is 8. The Balaban J connectivity index is 1.41. The summed E-state index contributed by atoms with van der Waals surface area (Å²) >= 11 is 10.8. The SMILES string of the molecule is CCOC(=O)C1=C(C)N=c2s/c(=C\c3cc(Br)c(OCc4ccc(Cl)cc4)c(OC)c3)c(=O)n2[C@H]1c1ccc2c(c1)OCO2. The van der Waals surface area contributed by atoms with Gasteiger partial charge in [0, 0.05) is 5.02 Å². The van der Waals surface area contributed by atoms with Gasteiger partial charge in [-0.25, -0.2) is 9.79 Å². The number of fused-ring (bicyclic) bond motifs is 2. The highest BCUT2D eigenvalue weighted by atomic mass is 79.9. The number of hydrogen-bond acceptors (Lipinski definition) is 9. The van der Waals surface area contributed by atoms with E-state index in [4.69, 9.17) is 35.3 Å². The summed E-state index contributed by atoms with van der Waals surface area (Å²) in [6.07, 6.45) is 1.76. The predicted molar refractivity (Wildman–Crippen MR) is 169 cm³/mol. The van der Waals surface area contributed by atoms with Crippen molar-refractivity contribution in [2.75, 3.05) is 20.5 Å². The summed E-state index contributed by atoms with van der Waals surface area (Å²) < 4.78 is 30.8. The zero-order chi connectivity index (χ0) is 31.0. The van der Waals surface area contributed by atoms with Gasteiger partial charge in [-0.2, -0.15) is 0 Å². The molecule has 9 nitrogen and oxygen atoms in total. The van der Waals surface area contributed by atoms with E-state index in [0.717, 1.165) is 5.56 Å². The molecule has 44 heavy (non-hydrogen) atoms. The fourth-order valence-corrected chi connectivity index (χ4v) is 6.79. The lowest BCUT2D eigenvalue weighted by molar-refractivity contribution is -0.139. The van der Waals surface area contributed by atoms with Gasteiger partial charge in [-0.3, -0.25) is 9.36 Å². The lowest BCUT2D eigenvalue weighted by Gasteiger charge is -2.24. The van der Waals surface area contributed by atoms with Crippen LogP contribution >= 0.6 is 38.9 Å². The van der Waals surface area contributed by atoms with Crippen molar-refractivity contribution in [3.8, 4) is 23.0 Å². The van der Waals surface area contributed by atoms with Crippen molar-refractivity contribution >= 4 is 50.9 Å². The van der Waals surface area contributed by atoms with Crippen molar-refractivity contribution in [3.63, 3.8) is 0 Å². The molecule has 1 atom stereocenters. The molecule has 0 N–H and O–H groups in total. The Morgan fingerprint density at radius 3 is 2.68 bits per heavy atom. The first-order valence-corrected chi connectivity index (χ1v) is 15.6. The number of carbonyl (C=O) groups excluding carboxylic acids is 1. The molecule has 0 bridgehead atoms. The molecular formula is C32H26BrClN2O7S. The van der Waals surface area contributed by atoms with Crippen LogP contribution in [-0.4, -0.2) is 31.0 Å². The number of halogens is 2. The molecule has 0 saturated heterocycles. The van der Waals surface area contributed by atoms with Crippen molar-refractivity contribution in [3.05, 3.63) is 112 Å². The summed E-state index contributed by atoms with van der Waals surface area (Å²) in [5.41, 5.74) is 2.79. The number of ether oxygens (including phenoxy) is 5. The summed E-state index contributed by atoms with van der Waals surface area (Å²) in [7, 11) is 1.56. The average Bonchev–Trinajstić information content (AvgIpc) is 3.60. The zero-order valence-electron chi connectivity index (χ0n) is 23.9. The first-order valence-electron chi connectivity index (χ1n) is 13.6. The molecule has 0 unspecified atom stereocenters. The molecule has 6 rings (SSSR count). The fraction of sp³-hybridized carbons (Fsp3) is 0.219. The molecule has 0 spiro atoms. The third-order valence-corrected chi connectivity index (χ3v) is 8.90. The second-order valence-corrected chi connectivity index (χ2v) is 12.2. The lowest BCUT2D eigenvalue weighted by atomic mass is 9.95. The van der Waals surface area contributed by atoms with Gasteiger partial charge >= 0.3 is 5.97 Å². The smallest absolute Gasteiger partial charge is 0.338 e. The summed E-state index contributed by atoms with van der Waals surface area (Å²) in [6.45, 7) is 4.08. The van der Waals surface area contributed by atoms with E-state index in [1.165, 1.54) is 15.9 Å². The van der Waals surface area contributed by atoms with E-state index in [1.54, 1.807) is 57.4 Å². The highest BCUT2D eigenvalue weighted by molar-refractivity contribution is 9.10. The molecule has 3 heterocycles. The molecule has 2 aliphatic heterocycles. The van der Waals surface area contributed by atoms with E-state index < -0.39 is 12.0 Å². The highest BCUT2D eigenvalue weighted by Crippen LogP contribution is 2.39.